The van der Waals surface area contributed by atoms with Gasteiger partial charge < -0.3 is 0 Å². The Labute approximate surface area is 273 Å². The van der Waals surface area contributed by atoms with Crippen molar-refractivity contribution in [3.05, 3.63) is 156 Å². The Morgan fingerprint density at radius 3 is 1.70 bits per heavy atom. The van der Waals surface area contributed by atoms with Gasteiger partial charge in [-0.25, -0.2) is 0 Å². The number of rotatable bonds is 3. The monoisotopic (exact) mass is 596 g/mol. The van der Waals surface area contributed by atoms with E-state index in [1.807, 2.05) is 36.4 Å². The minimum atomic E-state index is -0.0995. The lowest BCUT2D eigenvalue weighted by Crippen LogP contribution is -2.14. The van der Waals surface area contributed by atoms with Gasteiger partial charge in [0.1, 0.15) is 0 Å². The zero-order valence-electron chi connectivity index (χ0n) is 26.1. The van der Waals surface area contributed by atoms with Crippen molar-refractivity contribution in [1.29, 1.82) is 10.5 Å². The van der Waals surface area contributed by atoms with Crippen LogP contribution in [0.25, 0.3) is 76.8 Å². The number of hydrogen-bond donors (Lipinski definition) is 0. The second-order valence-electron chi connectivity index (χ2n) is 13.1. The van der Waals surface area contributed by atoms with Crippen LogP contribution < -0.4 is 0 Å². The van der Waals surface area contributed by atoms with Gasteiger partial charge in [-0.15, -0.1) is 0 Å². The number of fused-ring (bicyclic) bond motifs is 3. The normalized spacial score (nSPS) is 13.0. The van der Waals surface area contributed by atoms with E-state index < -0.39 is 0 Å². The fraction of sp³-hybridized carbons (Fsp3) is 0.0667. The van der Waals surface area contributed by atoms with E-state index in [9.17, 15) is 10.5 Å². The summed E-state index contributed by atoms with van der Waals surface area (Å²) in [4.78, 5) is 0. The molecule has 0 amide bonds. The van der Waals surface area contributed by atoms with E-state index in [0.29, 0.717) is 11.1 Å². The number of nitrogens with zero attached hydrogens (tertiary/aromatic N) is 2. The van der Waals surface area contributed by atoms with E-state index >= 15 is 0 Å². The first-order valence-electron chi connectivity index (χ1n) is 16.0. The standard InChI is InChI=1S/C45H28N2/c1-45(2)40-8-4-3-6-37(40)43-33(7-5-9-41(43)45)39-24-38(30-16-12-28(26-47)13-17-30)35-21-19-31-18-20-32(29-14-10-27(25-46)11-15-29)34-22-23-36(39)44(35)42(31)34/h3-24H,1-2H3. The van der Waals surface area contributed by atoms with Crippen LogP contribution in [0, 0.1) is 22.7 Å². The number of nitriles is 2. The summed E-state index contributed by atoms with van der Waals surface area (Å²) in [6.07, 6.45) is 0. The minimum Gasteiger partial charge on any atom is -0.192 e. The van der Waals surface area contributed by atoms with E-state index in [1.165, 1.54) is 65.7 Å². The molecular formula is C45H28N2. The van der Waals surface area contributed by atoms with Gasteiger partial charge in [0.05, 0.1) is 23.3 Å². The Morgan fingerprint density at radius 1 is 0.447 bits per heavy atom. The highest BCUT2D eigenvalue weighted by Gasteiger charge is 2.36. The van der Waals surface area contributed by atoms with Crippen molar-refractivity contribution in [2.45, 2.75) is 19.3 Å². The molecule has 1 aliphatic rings. The lowest BCUT2D eigenvalue weighted by Gasteiger charge is -2.22. The van der Waals surface area contributed by atoms with Crippen LogP contribution >= 0.6 is 0 Å². The molecule has 8 aromatic carbocycles. The predicted molar refractivity (Wildman–Crippen MR) is 193 cm³/mol. The number of benzene rings is 8. The molecule has 0 atom stereocenters. The Bertz CT molecular complexity index is 2640. The van der Waals surface area contributed by atoms with Gasteiger partial charge in [-0.3, -0.25) is 0 Å². The first kappa shape index (κ1) is 27.1. The molecule has 0 heterocycles. The van der Waals surface area contributed by atoms with E-state index in [0.717, 1.165) is 22.3 Å². The van der Waals surface area contributed by atoms with Crippen molar-refractivity contribution >= 4 is 32.3 Å². The third kappa shape index (κ3) is 3.83. The molecule has 0 aromatic heterocycles. The fourth-order valence-electron chi connectivity index (χ4n) is 8.04. The summed E-state index contributed by atoms with van der Waals surface area (Å²) < 4.78 is 0. The second-order valence-corrected chi connectivity index (χ2v) is 13.1. The van der Waals surface area contributed by atoms with Gasteiger partial charge in [0.25, 0.3) is 0 Å². The molecule has 0 saturated heterocycles. The molecule has 2 heteroatoms. The summed E-state index contributed by atoms with van der Waals surface area (Å²) in [6.45, 7) is 4.66. The predicted octanol–water partition coefficient (Wildman–Crippen LogP) is 11.6. The third-order valence-corrected chi connectivity index (χ3v) is 10.3. The first-order valence-corrected chi connectivity index (χ1v) is 16.0. The summed E-state index contributed by atoms with van der Waals surface area (Å²) in [5.41, 5.74) is 13.5. The molecule has 2 nitrogen and oxygen atoms in total. The van der Waals surface area contributed by atoms with E-state index in [2.05, 4.69) is 123 Å². The van der Waals surface area contributed by atoms with Gasteiger partial charge in [-0.2, -0.15) is 10.5 Å². The van der Waals surface area contributed by atoms with Crippen molar-refractivity contribution in [2.75, 3.05) is 0 Å². The molecule has 218 valence electrons. The number of hydrogen-bond acceptors (Lipinski definition) is 2. The quantitative estimate of drug-likeness (QED) is 0.191. The molecule has 0 N–H and O–H groups in total. The van der Waals surface area contributed by atoms with Crippen LogP contribution in [0.2, 0.25) is 0 Å². The summed E-state index contributed by atoms with van der Waals surface area (Å²) in [6, 6.07) is 51.9. The highest BCUT2D eigenvalue weighted by molar-refractivity contribution is 6.30. The maximum Gasteiger partial charge on any atom is 0.0991 e. The van der Waals surface area contributed by atoms with Crippen LogP contribution in [0.3, 0.4) is 0 Å². The van der Waals surface area contributed by atoms with Crippen molar-refractivity contribution in [2.24, 2.45) is 0 Å². The van der Waals surface area contributed by atoms with Crippen molar-refractivity contribution in [3.8, 4) is 56.6 Å². The van der Waals surface area contributed by atoms with Gasteiger partial charge in [0, 0.05) is 5.41 Å². The molecule has 0 fully saturated rings. The molecule has 0 aliphatic heterocycles. The van der Waals surface area contributed by atoms with Crippen LogP contribution in [0.1, 0.15) is 36.1 Å². The largest absolute Gasteiger partial charge is 0.192 e. The van der Waals surface area contributed by atoms with Crippen LogP contribution in [0.15, 0.2) is 133 Å². The van der Waals surface area contributed by atoms with Crippen molar-refractivity contribution in [3.63, 3.8) is 0 Å². The van der Waals surface area contributed by atoms with E-state index in [4.69, 9.17) is 0 Å². The molecule has 47 heavy (non-hydrogen) atoms. The SMILES string of the molecule is CC1(C)c2ccccc2-c2c(-c3cc(-c4ccc(C#N)cc4)c4ccc5ccc(-c6ccc(C#N)cc6)c6ccc3c4c56)cccc21. The van der Waals surface area contributed by atoms with Gasteiger partial charge >= 0.3 is 0 Å². The maximum atomic E-state index is 9.54. The average Bonchev–Trinajstić information content (AvgIpc) is 3.36. The third-order valence-electron chi connectivity index (χ3n) is 10.3. The van der Waals surface area contributed by atoms with Gasteiger partial charge in [0.2, 0.25) is 0 Å². The Hall–Kier alpha value is -6.22. The first-order chi connectivity index (χ1) is 23.0. The molecule has 0 radical (unpaired) electrons. The van der Waals surface area contributed by atoms with E-state index in [1.54, 1.807) is 0 Å². The van der Waals surface area contributed by atoms with Gasteiger partial charge in [-0.1, -0.05) is 117 Å². The Balaban J connectivity index is 1.42. The maximum absolute atomic E-state index is 9.54. The topological polar surface area (TPSA) is 47.6 Å². The minimum absolute atomic E-state index is 0.0995. The van der Waals surface area contributed by atoms with Crippen molar-refractivity contribution < 1.29 is 0 Å². The summed E-state index contributed by atoms with van der Waals surface area (Å²) >= 11 is 0. The molecule has 1 aliphatic carbocycles. The zero-order valence-corrected chi connectivity index (χ0v) is 26.1. The lowest BCUT2D eigenvalue weighted by atomic mass is 9.80. The highest BCUT2D eigenvalue weighted by Crippen LogP contribution is 2.54. The zero-order chi connectivity index (χ0) is 31.9. The molecule has 8 aromatic rings. The molecule has 0 bridgehead atoms. The molecular weight excluding hydrogens is 569 g/mol. The van der Waals surface area contributed by atoms with Crippen LogP contribution in [0.5, 0.6) is 0 Å². The Morgan fingerprint density at radius 2 is 1.00 bits per heavy atom. The highest BCUT2D eigenvalue weighted by atomic mass is 14.4. The van der Waals surface area contributed by atoms with E-state index in [-0.39, 0.29) is 5.41 Å². The summed E-state index contributed by atoms with van der Waals surface area (Å²) in [5, 5.41) is 26.2. The molecule has 0 spiro atoms. The van der Waals surface area contributed by atoms with Gasteiger partial charge in [0.15, 0.2) is 0 Å². The van der Waals surface area contributed by atoms with Crippen LogP contribution in [0.4, 0.5) is 0 Å². The molecule has 9 rings (SSSR count). The van der Waals surface area contributed by atoms with Gasteiger partial charge in [-0.05, 0) is 118 Å². The van der Waals surface area contributed by atoms with Crippen LogP contribution in [-0.2, 0) is 5.41 Å². The summed E-state index contributed by atoms with van der Waals surface area (Å²) in [7, 11) is 0. The Kier molecular flexibility index (Phi) is 5.71. The smallest absolute Gasteiger partial charge is 0.0991 e. The summed E-state index contributed by atoms with van der Waals surface area (Å²) in [5.74, 6) is 0. The fourth-order valence-corrected chi connectivity index (χ4v) is 8.04. The molecule has 0 unspecified atom stereocenters. The average molecular weight is 597 g/mol. The lowest BCUT2D eigenvalue weighted by molar-refractivity contribution is 0.660. The van der Waals surface area contributed by atoms with Crippen LogP contribution in [-0.4, -0.2) is 0 Å². The van der Waals surface area contributed by atoms with Crippen molar-refractivity contribution in [1.82, 2.24) is 0 Å². The molecule has 0 saturated carbocycles. The second kappa shape index (κ2) is 9.89.